The van der Waals surface area contributed by atoms with E-state index in [-0.39, 0.29) is 39.5 Å². The van der Waals surface area contributed by atoms with Gasteiger partial charge >= 0.3 is 12.1 Å². The summed E-state index contributed by atoms with van der Waals surface area (Å²) in [5.74, 6) is -0.0885. The molecular formula is C55H71N9O6S. The fourth-order valence-electron chi connectivity index (χ4n) is 13.8. The number of amides is 2. The standard InChI is InChI=1S/C55H71N9O6S/c1-35-40(26-58-64(35)34-54-29-52(8)28-53(9,30-54)32-55(31-52,33-54)68-25-21-56-37-18-23-62(24-19-37)49(67)70-51(5,6)7)38-15-16-43(59-44(38)47(66)69-50(2,3)4)63-22-17-36-12-10-13-39(41(36)27-63)46(65)61-48-60-45-42(71-48)14-11-20-57-45/h10-16,20,26,37,56H,17-19,21-25,27-34H2,1-9H3,(H,57,60,61,65). The zero-order valence-corrected chi connectivity index (χ0v) is 43.9. The fraction of sp³-hybridized carbons (Fsp3) is 0.582. The Morgan fingerprint density at radius 3 is 2.31 bits per heavy atom. The molecule has 378 valence electrons. The van der Waals surface area contributed by atoms with Gasteiger partial charge in [-0.05, 0) is 164 Å². The monoisotopic (exact) mass is 986 g/mol. The van der Waals surface area contributed by atoms with Crippen LogP contribution in [0.15, 0.2) is 54.9 Å². The maximum Gasteiger partial charge on any atom is 0.410 e. The lowest BCUT2D eigenvalue weighted by atomic mass is 9.39. The number of likely N-dealkylation sites (tertiary alicyclic amines) is 1. The average molecular weight is 986 g/mol. The summed E-state index contributed by atoms with van der Waals surface area (Å²) in [6.45, 7) is 23.1. The highest BCUT2D eigenvalue weighted by atomic mass is 32.1. The molecule has 2 aliphatic heterocycles. The smallest absolute Gasteiger partial charge is 0.410 e. The summed E-state index contributed by atoms with van der Waals surface area (Å²) in [5, 5.41) is 12.3. The Hall–Kier alpha value is -5.45. The summed E-state index contributed by atoms with van der Waals surface area (Å²) in [7, 11) is 0. The van der Waals surface area contributed by atoms with E-state index >= 15 is 0 Å². The Morgan fingerprint density at radius 2 is 1.59 bits per heavy atom. The Kier molecular flexibility index (Phi) is 12.6. The molecule has 4 aromatic heterocycles. The number of nitrogens with zero attached hydrogens (tertiary/aromatic N) is 7. The van der Waals surface area contributed by atoms with Crippen molar-refractivity contribution in [1.82, 2.24) is 34.9 Å². The number of thiazole rings is 1. The number of aromatic nitrogens is 5. The van der Waals surface area contributed by atoms with Gasteiger partial charge in [0.05, 0.1) is 23.1 Å². The summed E-state index contributed by atoms with van der Waals surface area (Å²) in [6.07, 6.45) is 12.5. The van der Waals surface area contributed by atoms with Gasteiger partial charge in [-0.25, -0.2) is 19.6 Å². The zero-order valence-electron chi connectivity index (χ0n) is 43.1. The minimum atomic E-state index is -0.739. The molecule has 0 radical (unpaired) electrons. The number of pyridine rings is 2. The van der Waals surface area contributed by atoms with Crippen molar-refractivity contribution in [3.63, 3.8) is 0 Å². The van der Waals surface area contributed by atoms with Crippen molar-refractivity contribution in [3.8, 4) is 11.1 Å². The number of hydrogen-bond acceptors (Lipinski definition) is 13. The molecule has 4 aliphatic carbocycles. The van der Waals surface area contributed by atoms with Gasteiger partial charge in [0.2, 0.25) is 0 Å². The summed E-state index contributed by atoms with van der Waals surface area (Å²) in [4.78, 5) is 58.6. The number of anilines is 2. The fourth-order valence-corrected chi connectivity index (χ4v) is 14.6. The van der Waals surface area contributed by atoms with Gasteiger partial charge in [0.25, 0.3) is 5.91 Å². The first-order valence-electron chi connectivity index (χ1n) is 25.6. The molecule has 1 aromatic carbocycles. The highest BCUT2D eigenvalue weighted by molar-refractivity contribution is 7.22. The van der Waals surface area contributed by atoms with Gasteiger partial charge < -0.3 is 29.3 Å². The lowest BCUT2D eigenvalue weighted by molar-refractivity contribution is -0.247. The highest BCUT2D eigenvalue weighted by Gasteiger charge is 2.66. The molecule has 16 heteroatoms. The Morgan fingerprint density at radius 1 is 0.845 bits per heavy atom. The van der Waals surface area contributed by atoms with Crippen LogP contribution in [-0.2, 0) is 33.7 Å². The van der Waals surface area contributed by atoms with E-state index in [2.05, 4.69) is 57.0 Å². The maximum absolute atomic E-state index is 14.2. The van der Waals surface area contributed by atoms with Gasteiger partial charge in [0.15, 0.2) is 16.5 Å². The molecule has 1 saturated heterocycles. The van der Waals surface area contributed by atoms with E-state index in [0.29, 0.717) is 73.0 Å². The van der Waals surface area contributed by atoms with Crippen LogP contribution in [0.25, 0.3) is 21.5 Å². The molecule has 4 bridgehead atoms. The van der Waals surface area contributed by atoms with Crippen LogP contribution >= 0.6 is 11.3 Å². The van der Waals surface area contributed by atoms with Crippen molar-refractivity contribution in [1.29, 1.82) is 0 Å². The molecule has 6 aliphatic rings. The van der Waals surface area contributed by atoms with Crippen LogP contribution in [0.5, 0.6) is 0 Å². The minimum Gasteiger partial charge on any atom is -0.455 e. The van der Waals surface area contributed by atoms with Crippen LogP contribution in [0, 0.1) is 23.2 Å². The summed E-state index contributed by atoms with van der Waals surface area (Å²) >= 11 is 1.39. The second-order valence-corrected chi connectivity index (χ2v) is 25.2. The molecule has 6 heterocycles. The van der Waals surface area contributed by atoms with Crippen molar-refractivity contribution >= 4 is 50.6 Å². The summed E-state index contributed by atoms with van der Waals surface area (Å²) in [5.41, 5.74) is 4.90. The second kappa shape index (κ2) is 18.2. The zero-order chi connectivity index (χ0) is 50.1. The summed E-state index contributed by atoms with van der Waals surface area (Å²) < 4.78 is 21.8. The van der Waals surface area contributed by atoms with Crippen LogP contribution in [-0.4, -0.2) is 103 Å². The third-order valence-corrected chi connectivity index (χ3v) is 16.2. The van der Waals surface area contributed by atoms with Gasteiger partial charge in [-0.15, -0.1) is 0 Å². The number of carbonyl (C=O) groups excluding carboxylic acids is 3. The van der Waals surface area contributed by atoms with Gasteiger partial charge in [-0.1, -0.05) is 37.3 Å². The normalized spacial score (nSPS) is 25.4. The van der Waals surface area contributed by atoms with E-state index in [9.17, 15) is 14.4 Å². The van der Waals surface area contributed by atoms with Crippen molar-refractivity contribution in [2.75, 3.05) is 43.0 Å². The SMILES string of the molecule is Cc1c(-c2ccc(N3CCc4cccc(C(=O)Nc5nc6ncccc6s5)c4C3)nc2C(=O)OC(C)(C)C)cnn1CC12CC3(C)CC(C)(C1)CC(OCCNC1CCN(C(=O)OC(C)(C)C)CC1)(C3)C2. The first-order chi connectivity index (χ1) is 33.6. The minimum absolute atomic E-state index is 0.0101. The van der Waals surface area contributed by atoms with E-state index in [1.165, 1.54) is 17.8 Å². The number of rotatable bonds is 12. The molecule has 0 spiro atoms. The van der Waals surface area contributed by atoms with E-state index in [1.54, 1.807) is 6.20 Å². The molecule has 15 nitrogen and oxygen atoms in total. The van der Waals surface area contributed by atoms with E-state index < -0.39 is 17.2 Å². The predicted molar refractivity (Wildman–Crippen MR) is 276 cm³/mol. The molecule has 2 unspecified atom stereocenters. The van der Waals surface area contributed by atoms with Gasteiger partial charge in [0.1, 0.15) is 17.0 Å². The van der Waals surface area contributed by atoms with Crippen LogP contribution in [0.4, 0.5) is 15.7 Å². The molecule has 4 saturated carbocycles. The Bertz CT molecular complexity index is 2800. The van der Waals surface area contributed by atoms with Crippen LogP contribution < -0.4 is 15.5 Å². The molecule has 71 heavy (non-hydrogen) atoms. The maximum atomic E-state index is 14.2. The molecule has 5 aromatic rings. The number of ether oxygens (including phenoxy) is 3. The number of benzene rings is 1. The number of esters is 1. The number of carbonyl (C=O) groups is 3. The number of nitrogens with one attached hydrogen (secondary N) is 2. The van der Waals surface area contributed by atoms with Gasteiger partial charge in [-0.3, -0.25) is 14.8 Å². The van der Waals surface area contributed by atoms with E-state index in [1.807, 2.05) is 89.0 Å². The Balaban J connectivity index is 0.848. The molecule has 2 amide bonds. The molecule has 11 rings (SSSR count). The van der Waals surface area contributed by atoms with Crippen molar-refractivity contribution < 1.29 is 28.6 Å². The number of hydrogen-bond donors (Lipinski definition) is 2. The highest BCUT2D eigenvalue weighted by Crippen LogP contribution is 2.72. The lowest BCUT2D eigenvalue weighted by Crippen LogP contribution is -2.64. The summed E-state index contributed by atoms with van der Waals surface area (Å²) in [6, 6.07) is 14.0. The quantitative estimate of drug-likeness (QED) is 0.0899. The topological polar surface area (TPSA) is 166 Å². The largest absolute Gasteiger partial charge is 0.455 e. The first-order valence-corrected chi connectivity index (χ1v) is 26.4. The van der Waals surface area contributed by atoms with Crippen molar-refractivity contribution in [2.24, 2.45) is 16.2 Å². The van der Waals surface area contributed by atoms with Gasteiger partial charge in [0, 0.05) is 73.9 Å². The van der Waals surface area contributed by atoms with Crippen LogP contribution in [0.2, 0.25) is 0 Å². The lowest BCUT2D eigenvalue weighted by Gasteiger charge is -2.69. The van der Waals surface area contributed by atoms with Gasteiger partial charge in [-0.2, -0.15) is 10.1 Å². The molecule has 2 atom stereocenters. The third-order valence-electron chi connectivity index (χ3n) is 15.3. The molecular weight excluding hydrogens is 915 g/mol. The van der Waals surface area contributed by atoms with Crippen LogP contribution in [0.3, 0.4) is 0 Å². The Labute approximate surface area is 421 Å². The van der Waals surface area contributed by atoms with E-state index in [0.717, 1.165) is 85.1 Å². The third kappa shape index (κ3) is 10.4. The molecule has 2 N–H and O–H groups in total. The van der Waals surface area contributed by atoms with Crippen molar-refractivity contribution in [2.45, 2.75) is 156 Å². The van der Waals surface area contributed by atoms with Crippen molar-refractivity contribution in [3.05, 3.63) is 82.9 Å². The molecule has 5 fully saturated rings. The number of piperidine rings is 1. The predicted octanol–water partition coefficient (Wildman–Crippen LogP) is 10.2. The number of fused-ring (bicyclic) bond motifs is 2. The average Bonchev–Trinajstić information content (AvgIpc) is 3.86. The first kappa shape index (κ1) is 49.1. The second-order valence-electron chi connectivity index (χ2n) is 24.2. The van der Waals surface area contributed by atoms with E-state index in [4.69, 9.17) is 24.3 Å². The van der Waals surface area contributed by atoms with Crippen LogP contribution in [0.1, 0.15) is 144 Å².